The maximum atomic E-state index is 10.8. The van der Waals surface area contributed by atoms with Gasteiger partial charge in [0.1, 0.15) is 17.7 Å². The third-order valence-corrected chi connectivity index (χ3v) is 5.11. The number of nitrogens with zero attached hydrogens (tertiary/aromatic N) is 6. The molecule has 3 aromatic rings. The summed E-state index contributed by atoms with van der Waals surface area (Å²) in [6, 6.07) is 5.87. The minimum atomic E-state index is -0.575. The highest BCUT2D eigenvalue weighted by Crippen LogP contribution is 2.31. The van der Waals surface area contributed by atoms with Crippen LogP contribution in [0.1, 0.15) is 30.5 Å². The molecule has 7 heteroatoms. The smallest absolute Gasteiger partial charge is 0.163 e. The second-order valence-corrected chi connectivity index (χ2v) is 7.12. The molecule has 0 saturated carbocycles. The van der Waals surface area contributed by atoms with Crippen LogP contribution in [0.4, 0.5) is 5.82 Å². The number of aryl methyl sites for hydroxylation is 2. The zero-order valence-corrected chi connectivity index (χ0v) is 15.7. The number of imidazole rings is 1. The van der Waals surface area contributed by atoms with Crippen molar-refractivity contribution >= 4 is 5.82 Å². The fourth-order valence-electron chi connectivity index (χ4n) is 3.69. The van der Waals surface area contributed by atoms with E-state index in [1.165, 1.54) is 0 Å². The number of rotatable bonds is 4. The average molecular weight is 364 g/mol. The molecule has 1 saturated heterocycles. The van der Waals surface area contributed by atoms with E-state index in [1.807, 2.05) is 42.9 Å². The van der Waals surface area contributed by atoms with E-state index in [4.69, 9.17) is 4.98 Å². The van der Waals surface area contributed by atoms with E-state index in [9.17, 15) is 5.11 Å². The van der Waals surface area contributed by atoms with E-state index in [0.717, 1.165) is 48.8 Å². The largest absolute Gasteiger partial charge is 0.385 e. The van der Waals surface area contributed by atoms with Crippen LogP contribution in [0.15, 0.2) is 43.0 Å². The van der Waals surface area contributed by atoms with Gasteiger partial charge in [0.2, 0.25) is 0 Å². The van der Waals surface area contributed by atoms with Crippen LogP contribution in [0.25, 0.3) is 11.4 Å². The van der Waals surface area contributed by atoms with Crippen molar-refractivity contribution < 1.29 is 5.11 Å². The van der Waals surface area contributed by atoms with Gasteiger partial charge in [-0.3, -0.25) is 4.98 Å². The number of hydrogen-bond donors (Lipinski definition) is 1. The summed E-state index contributed by atoms with van der Waals surface area (Å²) in [7, 11) is 1.92. The molecule has 3 aromatic heterocycles. The lowest BCUT2D eigenvalue weighted by molar-refractivity contribution is 0.0874. The molecule has 1 N–H and O–H groups in total. The van der Waals surface area contributed by atoms with Crippen LogP contribution < -0.4 is 4.90 Å². The lowest BCUT2D eigenvalue weighted by atomic mass is 9.92. The minimum Gasteiger partial charge on any atom is -0.385 e. The summed E-state index contributed by atoms with van der Waals surface area (Å²) >= 11 is 0. The Morgan fingerprint density at radius 1 is 1.26 bits per heavy atom. The van der Waals surface area contributed by atoms with Gasteiger partial charge in [-0.2, -0.15) is 0 Å². The van der Waals surface area contributed by atoms with Crippen molar-refractivity contribution in [2.45, 2.75) is 25.9 Å². The SMILES string of the molecule is Cc1cc(N2CCCC(C(O)c3nccn3C)C2)nc(-c2cccnc2)n1. The second kappa shape index (κ2) is 7.44. The van der Waals surface area contributed by atoms with Crippen molar-refractivity contribution in [3.63, 3.8) is 0 Å². The first kappa shape index (κ1) is 17.6. The van der Waals surface area contributed by atoms with Crippen molar-refractivity contribution in [2.24, 2.45) is 13.0 Å². The number of aliphatic hydroxyl groups is 1. The topological polar surface area (TPSA) is 80.0 Å². The maximum Gasteiger partial charge on any atom is 0.163 e. The number of anilines is 1. The van der Waals surface area contributed by atoms with Crippen LogP contribution in [0.3, 0.4) is 0 Å². The molecule has 2 atom stereocenters. The number of piperidine rings is 1. The highest BCUT2D eigenvalue weighted by atomic mass is 16.3. The Balaban J connectivity index is 1.58. The van der Waals surface area contributed by atoms with Crippen molar-refractivity contribution in [3.05, 3.63) is 54.5 Å². The van der Waals surface area contributed by atoms with E-state index >= 15 is 0 Å². The highest BCUT2D eigenvalue weighted by Gasteiger charge is 2.30. The van der Waals surface area contributed by atoms with Crippen LogP contribution in [0.5, 0.6) is 0 Å². The third kappa shape index (κ3) is 3.68. The Hall–Kier alpha value is -2.80. The van der Waals surface area contributed by atoms with Crippen molar-refractivity contribution in [1.29, 1.82) is 0 Å². The van der Waals surface area contributed by atoms with Gasteiger partial charge >= 0.3 is 0 Å². The normalized spacial score (nSPS) is 18.5. The van der Waals surface area contributed by atoms with Crippen LogP contribution >= 0.6 is 0 Å². The Morgan fingerprint density at radius 3 is 2.89 bits per heavy atom. The molecule has 140 valence electrons. The first-order valence-electron chi connectivity index (χ1n) is 9.28. The van der Waals surface area contributed by atoms with Gasteiger partial charge in [-0.15, -0.1) is 0 Å². The van der Waals surface area contributed by atoms with Gasteiger partial charge in [0, 0.05) is 68.2 Å². The Labute approximate surface area is 158 Å². The molecule has 0 spiro atoms. The molecule has 0 bridgehead atoms. The Morgan fingerprint density at radius 2 is 2.15 bits per heavy atom. The van der Waals surface area contributed by atoms with Gasteiger partial charge in [-0.1, -0.05) is 0 Å². The van der Waals surface area contributed by atoms with Gasteiger partial charge in [0.05, 0.1) is 0 Å². The predicted octanol–water partition coefficient (Wildman–Crippen LogP) is 2.53. The van der Waals surface area contributed by atoms with E-state index in [-0.39, 0.29) is 5.92 Å². The van der Waals surface area contributed by atoms with E-state index in [0.29, 0.717) is 5.82 Å². The number of hydrogen-bond acceptors (Lipinski definition) is 6. The van der Waals surface area contributed by atoms with E-state index in [1.54, 1.807) is 18.6 Å². The zero-order valence-electron chi connectivity index (χ0n) is 15.7. The maximum absolute atomic E-state index is 10.8. The van der Waals surface area contributed by atoms with Gasteiger partial charge < -0.3 is 14.6 Å². The molecule has 0 aliphatic carbocycles. The zero-order chi connectivity index (χ0) is 18.8. The average Bonchev–Trinajstić information content (AvgIpc) is 3.13. The van der Waals surface area contributed by atoms with Crippen molar-refractivity contribution in [2.75, 3.05) is 18.0 Å². The first-order chi connectivity index (χ1) is 13.1. The lowest BCUT2D eigenvalue weighted by Gasteiger charge is -2.35. The molecule has 1 aliphatic rings. The number of pyridine rings is 1. The Bertz CT molecular complexity index is 910. The summed E-state index contributed by atoms with van der Waals surface area (Å²) in [4.78, 5) is 20.1. The minimum absolute atomic E-state index is 0.122. The van der Waals surface area contributed by atoms with Gasteiger partial charge in [-0.05, 0) is 31.9 Å². The Kier molecular flexibility index (Phi) is 4.85. The molecule has 7 nitrogen and oxygen atoms in total. The van der Waals surface area contributed by atoms with Crippen LogP contribution in [-0.2, 0) is 7.05 Å². The fourth-order valence-corrected chi connectivity index (χ4v) is 3.69. The fraction of sp³-hybridized carbons (Fsp3) is 0.400. The molecule has 0 radical (unpaired) electrons. The summed E-state index contributed by atoms with van der Waals surface area (Å²) in [6.45, 7) is 3.65. The summed E-state index contributed by atoms with van der Waals surface area (Å²) in [6.07, 6.45) is 8.53. The van der Waals surface area contributed by atoms with E-state index < -0.39 is 6.10 Å². The molecule has 0 aromatic carbocycles. The molecule has 4 rings (SSSR count). The van der Waals surface area contributed by atoms with Crippen LogP contribution in [0, 0.1) is 12.8 Å². The predicted molar refractivity (Wildman–Crippen MR) is 103 cm³/mol. The standard InChI is InChI=1S/C20H24N6O/c1-14-11-17(24-19(23-14)15-5-3-7-21-12-15)26-9-4-6-16(13-26)18(27)20-22-8-10-25(20)2/h3,5,7-8,10-12,16,18,27H,4,6,9,13H2,1-2H3. The molecular formula is C20H24N6O. The van der Waals surface area contributed by atoms with Crippen LogP contribution in [0.2, 0.25) is 0 Å². The summed E-state index contributed by atoms with van der Waals surface area (Å²) in [5.74, 6) is 2.43. The van der Waals surface area contributed by atoms with Gasteiger partial charge in [-0.25, -0.2) is 15.0 Å². The summed E-state index contributed by atoms with van der Waals surface area (Å²) < 4.78 is 1.89. The van der Waals surface area contributed by atoms with Crippen molar-refractivity contribution in [1.82, 2.24) is 24.5 Å². The van der Waals surface area contributed by atoms with Gasteiger partial charge in [0.15, 0.2) is 5.82 Å². The first-order valence-corrected chi connectivity index (χ1v) is 9.28. The summed E-state index contributed by atoms with van der Waals surface area (Å²) in [5.41, 5.74) is 1.83. The molecule has 4 heterocycles. The number of aromatic nitrogens is 5. The third-order valence-electron chi connectivity index (χ3n) is 5.11. The molecule has 2 unspecified atom stereocenters. The quantitative estimate of drug-likeness (QED) is 0.766. The molecule has 1 aliphatic heterocycles. The summed E-state index contributed by atoms with van der Waals surface area (Å²) in [5, 5.41) is 10.8. The lowest BCUT2D eigenvalue weighted by Crippen LogP contribution is -2.39. The molecule has 1 fully saturated rings. The van der Waals surface area contributed by atoms with Crippen LogP contribution in [-0.4, -0.2) is 42.7 Å². The monoisotopic (exact) mass is 364 g/mol. The van der Waals surface area contributed by atoms with E-state index in [2.05, 4.69) is 19.9 Å². The number of aliphatic hydroxyl groups excluding tert-OH is 1. The highest BCUT2D eigenvalue weighted by molar-refractivity contribution is 5.56. The second-order valence-electron chi connectivity index (χ2n) is 7.12. The molecule has 0 amide bonds. The molecular weight excluding hydrogens is 340 g/mol. The van der Waals surface area contributed by atoms with Gasteiger partial charge in [0.25, 0.3) is 0 Å². The molecule has 27 heavy (non-hydrogen) atoms. The van der Waals surface area contributed by atoms with Crippen molar-refractivity contribution in [3.8, 4) is 11.4 Å².